The molecule has 0 radical (unpaired) electrons. The van der Waals surface area contributed by atoms with Gasteiger partial charge in [0, 0.05) is 31.3 Å². The second-order valence-electron chi connectivity index (χ2n) is 9.53. The molecule has 1 aromatic heterocycles. The topological polar surface area (TPSA) is 75.9 Å². The first-order chi connectivity index (χ1) is 20.6. The van der Waals surface area contributed by atoms with Crippen molar-refractivity contribution in [1.29, 1.82) is 5.41 Å². The van der Waals surface area contributed by atoms with Crippen LogP contribution in [-0.4, -0.2) is 5.71 Å². The minimum Gasteiger partial charge on any atom is -0.300 e. The normalized spacial score (nSPS) is 10.7. The maximum absolute atomic E-state index is 8.93. The molecule has 0 unspecified atom stereocenters. The average molecular weight is 566 g/mol. The molecule has 208 valence electrons. The van der Waals surface area contributed by atoms with E-state index in [0.717, 1.165) is 22.3 Å². The molecular formula is C38H35N3S. The largest absolute Gasteiger partial charge is 0.300 e. The number of hydrazine groups is 1. The molecule has 0 aliphatic heterocycles. The second kappa shape index (κ2) is 14.7. The zero-order valence-corrected chi connectivity index (χ0v) is 24.6. The molecule has 42 heavy (non-hydrogen) atoms. The van der Waals surface area contributed by atoms with Crippen LogP contribution >= 0.6 is 11.3 Å². The predicted molar refractivity (Wildman–Crippen MR) is 185 cm³/mol. The molecule has 0 saturated heterocycles. The summed E-state index contributed by atoms with van der Waals surface area (Å²) >= 11 is 1.79. The van der Waals surface area contributed by atoms with Crippen molar-refractivity contribution in [2.45, 2.75) is 6.92 Å². The molecule has 0 aliphatic carbocycles. The van der Waals surface area contributed by atoms with Crippen molar-refractivity contribution < 1.29 is 0 Å². The van der Waals surface area contributed by atoms with Crippen LogP contribution in [-0.2, 0) is 0 Å². The molecule has 6 aromatic rings. The number of allylic oxidation sites excluding steroid dienone is 4. The van der Waals surface area contributed by atoms with E-state index in [0.29, 0.717) is 5.71 Å². The molecule has 0 aliphatic rings. The highest BCUT2D eigenvalue weighted by molar-refractivity contribution is 7.25. The Bertz CT molecular complexity index is 1850. The molecule has 0 fully saturated rings. The Morgan fingerprint density at radius 2 is 1.33 bits per heavy atom. The average Bonchev–Trinajstić information content (AvgIpc) is 3.44. The highest BCUT2D eigenvalue weighted by atomic mass is 32.1. The molecule has 0 spiro atoms. The summed E-state index contributed by atoms with van der Waals surface area (Å²) in [5, 5.41) is 11.4. The number of fused-ring (bicyclic) bond motifs is 3. The Kier molecular flexibility index (Phi) is 10.5. The number of nitrogens with one attached hydrogen (secondary N) is 1. The highest BCUT2D eigenvalue weighted by Crippen LogP contribution is 2.36. The summed E-state index contributed by atoms with van der Waals surface area (Å²) in [4.78, 5) is 0. The lowest BCUT2D eigenvalue weighted by Crippen LogP contribution is -2.02. The third kappa shape index (κ3) is 6.88. The fourth-order valence-corrected chi connectivity index (χ4v) is 5.91. The van der Waals surface area contributed by atoms with E-state index in [9.17, 15) is 0 Å². The van der Waals surface area contributed by atoms with Crippen LogP contribution < -0.4 is 11.7 Å². The zero-order valence-electron chi connectivity index (χ0n) is 23.8. The number of aryl methyl sites for hydroxylation is 1. The van der Waals surface area contributed by atoms with Crippen molar-refractivity contribution in [2.75, 3.05) is 0 Å². The zero-order chi connectivity index (χ0) is 29.9. The van der Waals surface area contributed by atoms with Crippen LogP contribution in [0.15, 0.2) is 153 Å². The van der Waals surface area contributed by atoms with Crippen LogP contribution in [0.2, 0.25) is 0 Å². The third-order valence-electron chi connectivity index (χ3n) is 6.83. The Hall–Kier alpha value is -4.87. The fourth-order valence-electron chi connectivity index (χ4n) is 4.78. The van der Waals surface area contributed by atoms with Crippen LogP contribution in [0.25, 0.3) is 36.9 Å². The van der Waals surface area contributed by atoms with Crippen LogP contribution in [0.4, 0.5) is 0 Å². The van der Waals surface area contributed by atoms with E-state index >= 15 is 0 Å². The lowest BCUT2D eigenvalue weighted by molar-refractivity contribution is 1.26. The van der Waals surface area contributed by atoms with Gasteiger partial charge >= 0.3 is 0 Å². The van der Waals surface area contributed by atoms with Gasteiger partial charge in [0.05, 0.1) is 5.71 Å². The third-order valence-corrected chi connectivity index (χ3v) is 7.97. The van der Waals surface area contributed by atoms with E-state index in [1.807, 2.05) is 42.5 Å². The van der Waals surface area contributed by atoms with Gasteiger partial charge in [-0.3, -0.25) is 17.1 Å². The van der Waals surface area contributed by atoms with E-state index in [4.69, 9.17) is 5.41 Å². The van der Waals surface area contributed by atoms with Crippen LogP contribution in [0, 0.1) is 12.3 Å². The van der Waals surface area contributed by atoms with Crippen molar-refractivity contribution in [2.24, 2.45) is 11.7 Å². The summed E-state index contributed by atoms with van der Waals surface area (Å²) in [7, 11) is 0. The second-order valence-corrected chi connectivity index (χ2v) is 10.6. The van der Waals surface area contributed by atoms with Crippen molar-refractivity contribution in [3.8, 4) is 11.1 Å². The Labute approximate surface area is 252 Å². The van der Waals surface area contributed by atoms with E-state index < -0.39 is 0 Å². The van der Waals surface area contributed by atoms with Gasteiger partial charge in [-0.1, -0.05) is 140 Å². The molecule has 3 nitrogen and oxygen atoms in total. The Morgan fingerprint density at radius 1 is 0.690 bits per heavy atom. The minimum atomic E-state index is 0.571. The fraction of sp³-hybridized carbons (Fsp3) is 0.0263. The summed E-state index contributed by atoms with van der Waals surface area (Å²) in [6.45, 7) is 9.51. The summed E-state index contributed by atoms with van der Waals surface area (Å²) in [6.07, 6.45) is 5.57. The van der Waals surface area contributed by atoms with Gasteiger partial charge in [0.1, 0.15) is 0 Å². The molecule has 6 rings (SSSR count). The number of hydrogen-bond donors (Lipinski definition) is 3. The van der Waals surface area contributed by atoms with Gasteiger partial charge in [0.2, 0.25) is 0 Å². The monoisotopic (exact) mass is 565 g/mol. The standard InChI is InChI=1S/C25H17NS.C13H14.H4N2/c26-25(19-11-6-10-18(16-19)17-8-2-1-3-9-17)21-13-7-15-23-24(21)20-12-4-5-14-22(20)27-23;1-4-6-12(5-2)13-9-7-11(3)8-10-13;1-2/h1-16,26H;4-10H,1-2H2,3H3;1-2H2/b;12-6+;. The summed E-state index contributed by atoms with van der Waals surface area (Å²) in [5.41, 5.74) is 8.38. The van der Waals surface area contributed by atoms with Gasteiger partial charge in [0.25, 0.3) is 0 Å². The van der Waals surface area contributed by atoms with E-state index in [1.54, 1.807) is 17.4 Å². The van der Waals surface area contributed by atoms with Gasteiger partial charge in [-0.05, 0) is 47.4 Å². The molecular weight excluding hydrogens is 531 g/mol. The summed E-state index contributed by atoms with van der Waals surface area (Å²) in [5.74, 6) is 8.00. The number of benzene rings is 5. The molecule has 4 heteroatoms. The lowest BCUT2D eigenvalue weighted by Gasteiger charge is -2.09. The van der Waals surface area contributed by atoms with Crippen molar-refractivity contribution in [3.63, 3.8) is 0 Å². The highest BCUT2D eigenvalue weighted by Gasteiger charge is 2.14. The molecule has 0 amide bonds. The van der Waals surface area contributed by atoms with Crippen LogP contribution in [0.3, 0.4) is 0 Å². The van der Waals surface area contributed by atoms with Gasteiger partial charge in [-0.2, -0.15) is 0 Å². The number of thiophene rings is 1. The maximum Gasteiger partial charge on any atom is 0.0691 e. The Balaban J connectivity index is 0.000000229. The number of hydrogen-bond acceptors (Lipinski definition) is 4. The minimum absolute atomic E-state index is 0.571. The van der Waals surface area contributed by atoms with Gasteiger partial charge < -0.3 is 0 Å². The van der Waals surface area contributed by atoms with Gasteiger partial charge in [-0.25, -0.2) is 0 Å². The first-order valence-electron chi connectivity index (χ1n) is 13.6. The molecule has 0 saturated carbocycles. The number of rotatable bonds is 6. The molecule has 0 atom stereocenters. The quantitative estimate of drug-likeness (QED) is 0.0814. The van der Waals surface area contributed by atoms with Crippen LogP contribution in [0.5, 0.6) is 0 Å². The molecule has 1 heterocycles. The first kappa shape index (κ1) is 30.1. The van der Waals surface area contributed by atoms with Crippen molar-refractivity contribution in [1.82, 2.24) is 0 Å². The number of nitrogens with two attached hydrogens (primary N) is 2. The summed E-state index contributed by atoms with van der Waals surface area (Å²) in [6, 6.07) is 41.7. The van der Waals surface area contributed by atoms with Crippen molar-refractivity contribution >= 4 is 42.8 Å². The lowest BCUT2D eigenvalue weighted by atomic mass is 9.95. The Morgan fingerprint density at radius 3 is 2.05 bits per heavy atom. The van der Waals surface area contributed by atoms with Gasteiger partial charge in [0.15, 0.2) is 0 Å². The SMILES string of the molecule is C=C/C=C(\C=C)c1ccc(C)cc1.N=C(c1cccc(-c2ccccc2)c1)c1cccc2sc3ccccc3c12.NN. The van der Waals surface area contributed by atoms with Crippen LogP contribution in [0.1, 0.15) is 22.3 Å². The van der Waals surface area contributed by atoms with Crippen molar-refractivity contribution in [3.05, 3.63) is 175 Å². The molecule has 5 aromatic carbocycles. The van der Waals surface area contributed by atoms with Gasteiger partial charge in [-0.15, -0.1) is 11.3 Å². The smallest absolute Gasteiger partial charge is 0.0691 e. The predicted octanol–water partition coefficient (Wildman–Crippen LogP) is 9.71. The molecule has 0 bridgehead atoms. The van der Waals surface area contributed by atoms with E-state index in [2.05, 4.69) is 123 Å². The van der Waals surface area contributed by atoms with E-state index in [1.165, 1.54) is 36.9 Å². The molecule has 5 N–H and O–H groups in total. The maximum atomic E-state index is 8.93. The summed E-state index contributed by atoms with van der Waals surface area (Å²) < 4.78 is 2.50. The van der Waals surface area contributed by atoms with E-state index in [-0.39, 0.29) is 0 Å². The first-order valence-corrected chi connectivity index (χ1v) is 14.4.